The topological polar surface area (TPSA) is 0 Å². The summed E-state index contributed by atoms with van der Waals surface area (Å²) in [5.74, 6) is 2.63. The molecule has 0 nitrogen and oxygen atoms in total. The third kappa shape index (κ3) is 1.77. The van der Waals surface area contributed by atoms with Crippen LogP contribution in [-0.2, 0) is 10.5 Å². The molecule has 2 aliphatic rings. The molecule has 1 fully saturated rings. The Bertz CT molecular complexity index is 383. The molecule has 3 rings (SSSR count). The summed E-state index contributed by atoms with van der Waals surface area (Å²) in [5.41, 5.74) is 3.17. The molecule has 80 valence electrons. The zero-order chi connectivity index (χ0) is 10.3. The van der Waals surface area contributed by atoms with Gasteiger partial charge < -0.3 is 0 Å². The second-order valence-electron chi connectivity index (χ2n) is 4.10. The van der Waals surface area contributed by atoms with Gasteiger partial charge in [-0.15, -0.1) is 23.5 Å². The Balaban J connectivity index is 2.12. The van der Waals surface area contributed by atoms with E-state index in [1.807, 2.05) is 0 Å². The number of rotatable bonds is 0. The number of thioether (sulfide) groups is 2. The minimum Gasteiger partial charge on any atom is -0.139 e. The summed E-state index contributed by atoms with van der Waals surface area (Å²) in [6, 6.07) is 6.84. The lowest BCUT2D eigenvalue weighted by Gasteiger charge is -2.34. The Labute approximate surface area is 108 Å². The number of aryl methyl sites for hydroxylation is 1. The van der Waals surface area contributed by atoms with E-state index in [9.17, 15) is 0 Å². The fourth-order valence-electron chi connectivity index (χ4n) is 2.52. The van der Waals surface area contributed by atoms with Crippen molar-refractivity contribution in [2.75, 3.05) is 11.5 Å². The maximum atomic E-state index is 3.60. The molecule has 0 radical (unpaired) electrons. The molecule has 0 saturated carbocycles. The summed E-state index contributed by atoms with van der Waals surface area (Å²) in [4.78, 5) is 0. The third-order valence-corrected chi connectivity index (χ3v) is 7.24. The molecule has 15 heavy (non-hydrogen) atoms. The Morgan fingerprint density at radius 1 is 1.20 bits per heavy atom. The number of halogens is 1. The van der Waals surface area contributed by atoms with E-state index in [4.69, 9.17) is 0 Å². The average Bonchev–Trinajstić information content (AvgIpc) is 2.69. The third-order valence-electron chi connectivity index (χ3n) is 3.19. The van der Waals surface area contributed by atoms with Gasteiger partial charge in [-0.3, -0.25) is 0 Å². The van der Waals surface area contributed by atoms with Crippen molar-refractivity contribution in [2.24, 2.45) is 0 Å². The fraction of sp³-hybridized carbons (Fsp3) is 0.500. The van der Waals surface area contributed by atoms with Gasteiger partial charge in [-0.2, -0.15) is 0 Å². The van der Waals surface area contributed by atoms with Crippen LogP contribution in [0.2, 0.25) is 0 Å². The van der Waals surface area contributed by atoms with Crippen LogP contribution < -0.4 is 0 Å². The van der Waals surface area contributed by atoms with Gasteiger partial charge >= 0.3 is 0 Å². The van der Waals surface area contributed by atoms with Crippen LogP contribution in [-0.4, -0.2) is 11.5 Å². The van der Waals surface area contributed by atoms with Crippen molar-refractivity contribution in [2.45, 2.75) is 23.3 Å². The molecule has 1 aromatic rings. The van der Waals surface area contributed by atoms with Crippen LogP contribution in [0.15, 0.2) is 22.7 Å². The zero-order valence-corrected chi connectivity index (χ0v) is 11.7. The van der Waals surface area contributed by atoms with Gasteiger partial charge in [0, 0.05) is 16.0 Å². The molecule has 1 aliphatic heterocycles. The summed E-state index contributed by atoms with van der Waals surface area (Å²) in [6.07, 6.45) is 3.98. The quantitative estimate of drug-likeness (QED) is 0.696. The first-order chi connectivity index (χ1) is 7.30. The van der Waals surface area contributed by atoms with E-state index >= 15 is 0 Å². The van der Waals surface area contributed by atoms with Crippen LogP contribution in [0.4, 0.5) is 0 Å². The molecule has 0 amide bonds. The molecule has 1 saturated heterocycles. The highest BCUT2D eigenvalue weighted by molar-refractivity contribution is 9.10. The second-order valence-corrected chi connectivity index (χ2v) is 8.07. The highest BCUT2D eigenvalue weighted by Gasteiger charge is 2.40. The number of benzene rings is 1. The Morgan fingerprint density at radius 2 is 2.00 bits per heavy atom. The molecule has 0 unspecified atom stereocenters. The van der Waals surface area contributed by atoms with Gasteiger partial charge in [-0.05, 0) is 42.5 Å². The molecular weight excluding hydrogens is 288 g/mol. The van der Waals surface area contributed by atoms with Crippen molar-refractivity contribution in [3.05, 3.63) is 33.8 Å². The molecule has 1 aromatic carbocycles. The predicted octanol–water partition coefficient (Wildman–Crippen LogP) is 4.42. The van der Waals surface area contributed by atoms with Gasteiger partial charge in [0.1, 0.15) is 0 Å². The Kier molecular flexibility index (Phi) is 2.82. The van der Waals surface area contributed by atoms with E-state index in [1.165, 1.54) is 35.2 Å². The second kappa shape index (κ2) is 4.01. The van der Waals surface area contributed by atoms with Crippen molar-refractivity contribution >= 4 is 39.5 Å². The van der Waals surface area contributed by atoms with Gasteiger partial charge in [-0.1, -0.05) is 22.0 Å². The maximum Gasteiger partial charge on any atom is 0.0863 e. The zero-order valence-electron chi connectivity index (χ0n) is 8.46. The number of fused-ring (bicyclic) bond motifs is 2. The van der Waals surface area contributed by atoms with Crippen LogP contribution >= 0.6 is 39.5 Å². The maximum absolute atomic E-state index is 3.60. The molecule has 0 N–H and O–H groups in total. The molecule has 1 aliphatic carbocycles. The molecule has 0 aromatic heterocycles. The lowest BCUT2D eigenvalue weighted by atomic mass is 9.91. The fourth-order valence-corrected chi connectivity index (χ4v) is 6.31. The normalized spacial score (nSPS) is 23.0. The standard InChI is InChI=1S/C12H13BrS2/c13-10-4-3-9-2-1-5-12(11(9)8-10)14-6-7-15-12/h3-4,8H,1-2,5-7H2. The lowest BCUT2D eigenvalue weighted by molar-refractivity contribution is 0.643. The van der Waals surface area contributed by atoms with Crippen molar-refractivity contribution in [1.82, 2.24) is 0 Å². The van der Waals surface area contributed by atoms with Crippen LogP contribution in [0.25, 0.3) is 0 Å². The van der Waals surface area contributed by atoms with Crippen LogP contribution in [0, 0.1) is 0 Å². The van der Waals surface area contributed by atoms with Crippen molar-refractivity contribution in [3.8, 4) is 0 Å². The molecule has 1 spiro atoms. The van der Waals surface area contributed by atoms with E-state index in [0.717, 1.165) is 0 Å². The molecule has 1 heterocycles. The summed E-state index contributed by atoms with van der Waals surface area (Å²) in [5, 5.41) is 0. The van der Waals surface area contributed by atoms with Crippen LogP contribution in [0.5, 0.6) is 0 Å². The number of hydrogen-bond acceptors (Lipinski definition) is 2. The van der Waals surface area contributed by atoms with Crippen molar-refractivity contribution in [1.29, 1.82) is 0 Å². The highest BCUT2D eigenvalue weighted by atomic mass is 79.9. The van der Waals surface area contributed by atoms with Gasteiger partial charge in [-0.25, -0.2) is 0 Å². The minimum atomic E-state index is 0.400. The minimum absolute atomic E-state index is 0.400. The SMILES string of the molecule is Brc1ccc2c(c1)C1(CCC2)SCCS1. The van der Waals surface area contributed by atoms with Crippen LogP contribution in [0.3, 0.4) is 0 Å². The number of hydrogen-bond donors (Lipinski definition) is 0. The van der Waals surface area contributed by atoms with Crippen LogP contribution in [0.1, 0.15) is 24.0 Å². The van der Waals surface area contributed by atoms with E-state index in [0.29, 0.717) is 4.08 Å². The van der Waals surface area contributed by atoms with Gasteiger partial charge in [0.15, 0.2) is 0 Å². The lowest BCUT2D eigenvalue weighted by Crippen LogP contribution is -2.21. The molecule has 0 atom stereocenters. The first-order valence-electron chi connectivity index (χ1n) is 5.37. The van der Waals surface area contributed by atoms with Gasteiger partial charge in [0.05, 0.1) is 4.08 Å². The van der Waals surface area contributed by atoms with E-state index in [-0.39, 0.29) is 0 Å². The highest BCUT2D eigenvalue weighted by Crippen LogP contribution is 2.57. The summed E-state index contributed by atoms with van der Waals surface area (Å²) < 4.78 is 1.63. The smallest absolute Gasteiger partial charge is 0.0863 e. The first kappa shape index (κ1) is 10.5. The summed E-state index contributed by atoms with van der Waals surface area (Å²) in [7, 11) is 0. The van der Waals surface area contributed by atoms with E-state index in [1.54, 1.807) is 11.1 Å². The molecule has 3 heteroatoms. The average molecular weight is 301 g/mol. The largest absolute Gasteiger partial charge is 0.139 e. The predicted molar refractivity (Wildman–Crippen MR) is 73.7 cm³/mol. The first-order valence-corrected chi connectivity index (χ1v) is 8.13. The van der Waals surface area contributed by atoms with Crippen molar-refractivity contribution < 1.29 is 0 Å². The summed E-state index contributed by atoms with van der Waals surface area (Å²) >= 11 is 7.92. The summed E-state index contributed by atoms with van der Waals surface area (Å²) in [6.45, 7) is 0. The van der Waals surface area contributed by atoms with Crippen molar-refractivity contribution in [3.63, 3.8) is 0 Å². The van der Waals surface area contributed by atoms with E-state index in [2.05, 4.69) is 57.7 Å². The molecule has 0 bridgehead atoms. The van der Waals surface area contributed by atoms with E-state index < -0.39 is 0 Å². The monoisotopic (exact) mass is 300 g/mol. The Morgan fingerprint density at radius 3 is 2.80 bits per heavy atom. The Hall–Kier alpha value is 0.400. The van der Waals surface area contributed by atoms with Gasteiger partial charge in [0.25, 0.3) is 0 Å². The van der Waals surface area contributed by atoms with Gasteiger partial charge in [0.2, 0.25) is 0 Å². The molecular formula is C12H13BrS2.